The molecule has 186 valence electrons. The number of nitrogens with one attached hydrogen (secondary N) is 2. The summed E-state index contributed by atoms with van der Waals surface area (Å²) in [7, 11) is -7.59. The molecule has 0 saturated carbocycles. The number of anilines is 3. The summed E-state index contributed by atoms with van der Waals surface area (Å²) in [5.41, 5.74) is 3.61. The molecule has 3 rings (SSSR count). The largest absolute Gasteiger partial charge is 0.324 e. The van der Waals surface area contributed by atoms with Crippen molar-refractivity contribution < 1.29 is 21.6 Å². The number of carbonyl (C=O) groups excluding carboxylic acids is 1. The number of rotatable bonds is 8. The molecule has 3 aromatic carbocycles. The Bertz CT molecular complexity index is 1450. The van der Waals surface area contributed by atoms with E-state index >= 15 is 0 Å². The minimum Gasteiger partial charge on any atom is -0.324 e. The molecular formula is C25H29N3O5S2. The minimum atomic E-state index is -3.83. The molecule has 0 heterocycles. The van der Waals surface area contributed by atoms with Crippen LogP contribution in [0.2, 0.25) is 0 Å². The number of aryl methyl sites for hydroxylation is 3. The van der Waals surface area contributed by atoms with E-state index < -0.39 is 32.0 Å². The van der Waals surface area contributed by atoms with Crippen LogP contribution in [-0.2, 0) is 24.8 Å². The van der Waals surface area contributed by atoms with Crippen LogP contribution in [0.1, 0.15) is 23.6 Å². The van der Waals surface area contributed by atoms with Crippen LogP contribution in [0.25, 0.3) is 0 Å². The molecule has 10 heteroatoms. The second-order valence-electron chi connectivity index (χ2n) is 8.46. The minimum absolute atomic E-state index is 0.0277. The number of amides is 1. The fourth-order valence-electron chi connectivity index (χ4n) is 3.59. The Labute approximate surface area is 207 Å². The summed E-state index contributed by atoms with van der Waals surface area (Å²) >= 11 is 0. The van der Waals surface area contributed by atoms with Gasteiger partial charge in [-0.1, -0.05) is 30.3 Å². The van der Waals surface area contributed by atoms with E-state index in [2.05, 4.69) is 10.0 Å². The normalized spacial score (nSPS) is 12.6. The third kappa shape index (κ3) is 6.20. The number of carbonyl (C=O) groups is 1. The van der Waals surface area contributed by atoms with Crippen LogP contribution in [0, 0.1) is 20.8 Å². The van der Waals surface area contributed by atoms with Gasteiger partial charge in [-0.2, -0.15) is 0 Å². The molecule has 8 nitrogen and oxygen atoms in total. The smallest absolute Gasteiger partial charge is 0.261 e. The van der Waals surface area contributed by atoms with Crippen molar-refractivity contribution in [3.05, 3.63) is 83.4 Å². The molecule has 0 bridgehead atoms. The third-order valence-corrected chi connectivity index (χ3v) is 8.12. The lowest BCUT2D eigenvalue weighted by Crippen LogP contribution is -2.45. The number of hydrogen-bond donors (Lipinski definition) is 2. The van der Waals surface area contributed by atoms with Crippen LogP contribution in [0.3, 0.4) is 0 Å². The van der Waals surface area contributed by atoms with Crippen molar-refractivity contribution in [3.8, 4) is 0 Å². The standard InChI is InChI=1S/C25H29N3O5S2/c1-17-10-11-19(3)24(16-17)28(34(5,30)31)20(4)25(29)26-21-12-14-22(15-13-21)35(32,33)27-23-9-7-6-8-18(23)2/h6-16,20,27H,1-5H3,(H,26,29)/t20-/m1/s1. The molecule has 2 N–H and O–H groups in total. The first-order valence-corrected chi connectivity index (χ1v) is 14.2. The predicted octanol–water partition coefficient (Wildman–Crippen LogP) is 4.21. The van der Waals surface area contributed by atoms with Gasteiger partial charge in [-0.3, -0.25) is 13.8 Å². The molecule has 0 aliphatic rings. The van der Waals surface area contributed by atoms with Crippen molar-refractivity contribution in [1.82, 2.24) is 0 Å². The lowest BCUT2D eigenvalue weighted by Gasteiger charge is -2.29. The van der Waals surface area contributed by atoms with Crippen LogP contribution in [0.15, 0.2) is 71.6 Å². The van der Waals surface area contributed by atoms with E-state index in [0.717, 1.165) is 27.3 Å². The maximum atomic E-state index is 13.0. The Balaban J connectivity index is 1.80. The van der Waals surface area contributed by atoms with E-state index in [1.807, 2.05) is 19.1 Å². The molecule has 35 heavy (non-hydrogen) atoms. The van der Waals surface area contributed by atoms with Crippen molar-refractivity contribution in [2.24, 2.45) is 0 Å². The van der Waals surface area contributed by atoms with Crippen molar-refractivity contribution in [2.75, 3.05) is 20.6 Å². The summed E-state index contributed by atoms with van der Waals surface area (Å²) in [6, 6.07) is 17.0. The highest BCUT2D eigenvalue weighted by Gasteiger charge is 2.30. The number of nitrogens with zero attached hydrogens (tertiary/aromatic N) is 1. The zero-order valence-electron chi connectivity index (χ0n) is 20.2. The van der Waals surface area contributed by atoms with Gasteiger partial charge in [0.15, 0.2) is 0 Å². The number of hydrogen-bond acceptors (Lipinski definition) is 5. The number of benzene rings is 3. The lowest BCUT2D eigenvalue weighted by molar-refractivity contribution is -0.116. The average Bonchev–Trinajstić information content (AvgIpc) is 2.77. The third-order valence-electron chi connectivity index (χ3n) is 5.51. The van der Waals surface area contributed by atoms with Crippen LogP contribution in [-0.4, -0.2) is 35.0 Å². The molecule has 3 aromatic rings. The fraction of sp³-hybridized carbons (Fsp3) is 0.240. The highest BCUT2D eigenvalue weighted by Crippen LogP contribution is 2.27. The van der Waals surface area contributed by atoms with Crippen LogP contribution < -0.4 is 14.3 Å². The van der Waals surface area contributed by atoms with E-state index in [1.165, 1.54) is 31.2 Å². The first-order chi connectivity index (χ1) is 16.3. The fourth-order valence-corrected chi connectivity index (χ4v) is 5.95. The molecule has 0 radical (unpaired) electrons. The summed E-state index contributed by atoms with van der Waals surface area (Å²) in [6.45, 7) is 6.93. The summed E-state index contributed by atoms with van der Waals surface area (Å²) in [6.07, 6.45) is 1.06. The van der Waals surface area contributed by atoms with Gasteiger partial charge >= 0.3 is 0 Å². The van der Waals surface area contributed by atoms with Gasteiger partial charge < -0.3 is 5.32 Å². The van der Waals surface area contributed by atoms with E-state index in [-0.39, 0.29) is 4.90 Å². The lowest BCUT2D eigenvalue weighted by atomic mass is 10.1. The molecule has 0 spiro atoms. The monoisotopic (exact) mass is 515 g/mol. The predicted molar refractivity (Wildman–Crippen MR) is 140 cm³/mol. The Morgan fingerprint density at radius 3 is 2.09 bits per heavy atom. The van der Waals surface area contributed by atoms with Crippen molar-refractivity contribution in [3.63, 3.8) is 0 Å². The second kappa shape index (κ2) is 10.1. The maximum Gasteiger partial charge on any atom is 0.261 e. The molecule has 1 atom stereocenters. The summed E-state index contributed by atoms with van der Waals surface area (Å²) in [4.78, 5) is 13.0. The van der Waals surface area contributed by atoms with Crippen molar-refractivity contribution in [2.45, 2.75) is 38.6 Å². The van der Waals surface area contributed by atoms with Gasteiger partial charge in [-0.25, -0.2) is 16.8 Å². The van der Waals surface area contributed by atoms with Crippen LogP contribution in [0.5, 0.6) is 0 Å². The zero-order valence-corrected chi connectivity index (χ0v) is 21.9. The molecule has 0 aromatic heterocycles. The summed E-state index contributed by atoms with van der Waals surface area (Å²) in [5, 5.41) is 2.68. The Kier molecular flexibility index (Phi) is 7.56. The van der Waals surface area contributed by atoms with Gasteiger partial charge in [0.05, 0.1) is 22.5 Å². The maximum absolute atomic E-state index is 13.0. The van der Waals surface area contributed by atoms with E-state index in [0.29, 0.717) is 17.1 Å². The molecule has 0 unspecified atom stereocenters. The first kappa shape index (κ1) is 26.2. The van der Waals surface area contributed by atoms with Gasteiger partial charge in [-0.15, -0.1) is 0 Å². The number of sulfonamides is 2. The Morgan fingerprint density at radius 2 is 1.49 bits per heavy atom. The van der Waals surface area contributed by atoms with Gasteiger partial charge in [0.1, 0.15) is 6.04 Å². The molecule has 0 fully saturated rings. The molecule has 0 aliphatic heterocycles. The van der Waals surface area contributed by atoms with Crippen LogP contribution in [0.4, 0.5) is 17.1 Å². The molecular weight excluding hydrogens is 486 g/mol. The van der Waals surface area contributed by atoms with E-state index in [1.54, 1.807) is 44.2 Å². The number of para-hydroxylation sites is 1. The topological polar surface area (TPSA) is 113 Å². The first-order valence-electron chi connectivity index (χ1n) is 10.9. The van der Waals surface area contributed by atoms with E-state index in [9.17, 15) is 21.6 Å². The quantitative estimate of drug-likeness (QED) is 0.467. The van der Waals surface area contributed by atoms with Gasteiger partial charge in [0.25, 0.3) is 10.0 Å². The van der Waals surface area contributed by atoms with Crippen molar-refractivity contribution in [1.29, 1.82) is 0 Å². The molecule has 0 saturated heterocycles. The van der Waals surface area contributed by atoms with Crippen molar-refractivity contribution >= 4 is 43.0 Å². The van der Waals surface area contributed by atoms with E-state index in [4.69, 9.17) is 0 Å². The highest BCUT2D eigenvalue weighted by molar-refractivity contribution is 7.92. The SMILES string of the molecule is Cc1ccc(C)c(N([C@H](C)C(=O)Nc2ccc(S(=O)(=O)Nc3ccccc3C)cc2)S(C)(=O)=O)c1. The van der Waals surface area contributed by atoms with Gasteiger partial charge in [0.2, 0.25) is 15.9 Å². The Hall–Kier alpha value is -3.37. The van der Waals surface area contributed by atoms with Gasteiger partial charge in [-0.05, 0) is 80.8 Å². The summed E-state index contributed by atoms with van der Waals surface area (Å²) in [5.74, 6) is -0.551. The molecule has 1 amide bonds. The second-order valence-corrected chi connectivity index (χ2v) is 12.0. The Morgan fingerprint density at radius 1 is 0.857 bits per heavy atom. The van der Waals surface area contributed by atoms with Crippen LogP contribution >= 0.6 is 0 Å². The average molecular weight is 516 g/mol. The summed E-state index contributed by atoms with van der Waals surface area (Å²) < 4.78 is 54.3. The zero-order chi connectivity index (χ0) is 26.0. The molecule has 0 aliphatic carbocycles. The van der Waals surface area contributed by atoms with Gasteiger partial charge in [0, 0.05) is 5.69 Å². The highest BCUT2D eigenvalue weighted by atomic mass is 32.2.